The fourth-order valence-electron chi connectivity index (χ4n) is 2.75. The van der Waals surface area contributed by atoms with Gasteiger partial charge in [-0.1, -0.05) is 79.6 Å². The number of hydrogen-bond acceptors (Lipinski definition) is 0. The molecule has 16 heavy (non-hydrogen) atoms. The van der Waals surface area contributed by atoms with Crippen LogP contribution in [0.3, 0.4) is 0 Å². The van der Waals surface area contributed by atoms with Gasteiger partial charge in [-0.25, -0.2) is 0 Å². The molecule has 1 atom stereocenters. The molecule has 0 aliphatic rings. The predicted octanol–water partition coefficient (Wildman–Crippen LogP) is 6.06. The van der Waals surface area contributed by atoms with Crippen LogP contribution in [0, 0.1) is 17.8 Å². The quantitative estimate of drug-likeness (QED) is 0.425. The third-order valence-corrected chi connectivity index (χ3v) is 4.54. The van der Waals surface area contributed by atoms with Gasteiger partial charge in [-0.05, 0) is 24.2 Å². The van der Waals surface area contributed by atoms with Crippen LogP contribution in [0.4, 0.5) is 0 Å². The lowest BCUT2D eigenvalue weighted by molar-refractivity contribution is 0.299. The summed E-state index contributed by atoms with van der Waals surface area (Å²) in [5.41, 5.74) is 0. The zero-order valence-corrected chi connectivity index (χ0v) is 12.4. The SMILES string of the molecule is CCC(CC)CCC(CC)CC(CC)CC. The second-order valence-corrected chi connectivity index (χ2v) is 5.45. The highest BCUT2D eigenvalue weighted by atomic mass is 14.2. The van der Waals surface area contributed by atoms with Crippen molar-refractivity contribution in [1.29, 1.82) is 0 Å². The summed E-state index contributed by atoms with van der Waals surface area (Å²) in [5, 5.41) is 0. The molecule has 0 nitrogen and oxygen atoms in total. The fourth-order valence-corrected chi connectivity index (χ4v) is 2.75. The highest BCUT2D eigenvalue weighted by Gasteiger charge is 2.14. The fraction of sp³-hybridized carbons (Fsp3) is 1.00. The van der Waals surface area contributed by atoms with Crippen molar-refractivity contribution in [2.75, 3.05) is 0 Å². The Bertz CT molecular complexity index is 131. The molecular formula is C16H34. The van der Waals surface area contributed by atoms with Crippen molar-refractivity contribution >= 4 is 0 Å². The van der Waals surface area contributed by atoms with E-state index in [-0.39, 0.29) is 0 Å². The summed E-state index contributed by atoms with van der Waals surface area (Å²) >= 11 is 0. The van der Waals surface area contributed by atoms with Crippen LogP contribution in [0.2, 0.25) is 0 Å². The van der Waals surface area contributed by atoms with Crippen molar-refractivity contribution in [3.63, 3.8) is 0 Å². The van der Waals surface area contributed by atoms with E-state index in [0.29, 0.717) is 0 Å². The Hall–Kier alpha value is 0. The maximum atomic E-state index is 2.37. The van der Waals surface area contributed by atoms with Gasteiger partial charge in [0.25, 0.3) is 0 Å². The first-order chi connectivity index (χ1) is 7.71. The topological polar surface area (TPSA) is 0 Å². The van der Waals surface area contributed by atoms with Crippen LogP contribution >= 0.6 is 0 Å². The van der Waals surface area contributed by atoms with Gasteiger partial charge in [-0.15, -0.1) is 0 Å². The number of hydrogen-bond donors (Lipinski definition) is 0. The molecule has 0 aromatic heterocycles. The molecule has 0 saturated carbocycles. The van der Waals surface area contributed by atoms with Gasteiger partial charge in [0.1, 0.15) is 0 Å². The molecule has 0 fully saturated rings. The van der Waals surface area contributed by atoms with Crippen molar-refractivity contribution < 1.29 is 0 Å². The van der Waals surface area contributed by atoms with Crippen LogP contribution in [0.1, 0.15) is 86.0 Å². The van der Waals surface area contributed by atoms with E-state index in [1.54, 1.807) is 0 Å². The average Bonchev–Trinajstić information content (AvgIpc) is 2.34. The van der Waals surface area contributed by atoms with E-state index in [4.69, 9.17) is 0 Å². The first-order valence-electron chi connectivity index (χ1n) is 7.71. The van der Waals surface area contributed by atoms with Crippen molar-refractivity contribution in [2.24, 2.45) is 17.8 Å². The van der Waals surface area contributed by atoms with E-state index in [2.05, 4.69) is 34.6 Å². The van der Waals surface area contributed by atoms with Gasteiger partial charge >= 0.3 is 0 Å². The molecule has 0 spiro atoms. The third-order valence-electron chi connectivity index (χ3n) is 4.54. The van der Waals surface area contributed by atoms with Crippen LogP contribution in [0.15, 0.2) is 0 Å². The van der Waals surface area contributed by atoms with Gasteiger partial charge in [0, 0.05) is 0 Å². The molecule has 0 radical (unpaired) electrons. The summed E-state index contributed by atoms with van der Waals surface area (Å²) in [5.74, 6) is 2.95. The first-order valence-corrected chi connectivity index (χ1v) is 7.71. The van der Waals surface area contributed by atoms with Crippen molar-refractivity contribution in [3.8, 4) is 0 Å². The molecule has 0 heterocycles. The van der Waals surface area contributed by atoms with Crippen LogP contribution in [-0.2, 0) is 0 Å². The minimum Gasteiger partial charge on any atom is -0.0651 e. The Balaban J connectivity index is 3.90. The van der Waals surface area contributed by atoms with Crippen LogP contribution in [0.5, 0.6) is 0 Å². The Morgan fingerprint density at radius 2 is 0.875 bits per heavy atom. The Kier molecular flexibility index (Phi) is 10.2. The Morgan fingerprint density at radius 3 is 1.25 bits per heavy atom. The lowest BCUT2D eigenvalue weighted by atomic mass is 9.84. The molecule has 0 saturated heterocycles. The van der Waals surface area contributed by atoms with Crippen molar-refractivity contribution in [1.82, 2.24) is 0 Å². The first kappa shape index (κ1) is 16.0. The third kappa shape index (κ3) is 6.55. The standard InChI is InChI=1S/C16H34/c1-6-14(7-2)11-12-16(10-5)13-15(8-3)9-4/h14-16H,6-13H2,1-5H3. The molecule has 0 aliphatic heterocycles. The average molecular weight is 226 g/mol. The van der Waals surface area contributed by atoms with Gasteiger partial charge < -0.3 is 0 Å². The highest BCUT2D eigenvalue weighted by molar-refractivity contribution is 4.66. The van der Waals surface area contributed by atoms with E-state index < -0.39 is 0 Å². The summed E-state index contributed by atoms with van der Waals surface area (Å²) in [6.45, 7) is 11.8. The minimum atomic E-state index is 0.978. The van der Waals surface area contributed by atoms with Gasteiger partial charge in [-0.3, -0.25) is 0 Å². The van der Waals surface area contributed by atoms with Crippen LogP contribution in [-0.4, -0.2) is 0 Å². The molecule has 0 bridgehead atoms. The molecule has 0 amide bonds. The summed E-state index contributed by atoms with van der Waals surface area (Å²) in [6, 6.07) is 0. The van der Waals surface area contributed by atoms with E-state index in [1.165, 1.54) is 51.4 Å². The normalized spacial score (nSPS) is 13.7. The zero-order chi connectivity index (χ0) is 12.4. The van der Waals surface area contributed by atoms with Gasteiger partial charge in [0.05, 0.1) is 0 Å². The molecule has 0 aromatic carbocycles. The lowest BCUT2D eigenvalue weighted by Crippen LogP contribution is -2.09. The van der Waals surface area contributed by atoms with E-state index in [1.807, 2.05) is 0 Å². The van der Waals surface area contributed by atoms with Gasteiger partial charge in [0.2, 0.25) is 0 Å². The monoisotopic (exact) mass is 226 g/mol. The largest absolute Gasteiger partial charge is 0.0651 e. The molecule has 0 aromatic rings. The Labute approximate surface area is 104 Å². The second-order valence-electron chi connectivity index (χ2n) is 5.45. The minimum absolute atomic E-state index is 0.978. The van der Waals surface area contributed by atoms with Crippen molar-refractivity contribution in [2.45, 2.75) is 86.0 Å². The van der Waals surface area contributed by atoms with E-state index >= 15 is 0 Å². The summed E-state index contributed by atoms with van der Waals surface area (Å²) < 4.78 is 0. The van der Waals surface area contributed by atoms with E-state index in [0.717, 1.165) is 17.8 Å². The zero-order valence-electron chi connectivity index (χ0n) is 12.4. The number of rotatable bonds is 10. The lowest BCUT2D eigenvalue weighted by Gasteiger charge is -2.22. The summed E-state index contributed by atoms with van der Waals surface area (Å²) in [7, 11) is 0. The smallest absolute Gasteiger partial charge is 0.0414 e. The molecule has 0 rings (SSSR count). The Morgan fingerprint density at radius 1 is 0.500 bits per heavy atom. The maximum absolute atomic E-state index is 2.37. The maximum Gasteiger partial charge on any atom is -0.0414 e. The van der Waals surface area contributed by atoms with Crippen LogP contribution in [0.25, 0.3) is 0 Å². The van der Waals surface area contributed by atoms with E-state index in [9.17, 15) is 0 Å². The predicted molar refractivity (Wildman–Crippen MR) is 75.8 cm³/mol. The molecule has 0 aliphatic carbocycles. The summed E-state index contributed by atoms with van der Waals surface area (Å²) in [4.78, 5) is 0. The molecule has 0 N–H and O–H groups in total. The van der Waals surface area contributed by atoms with Crippen molar-refractivity contribution in [3.05, 3.63) is 0 Å². The highest BCUT2D eigenvalue weighted by Crippen LogP contribution is 2.27. The van der Waals surface area contributed by atoms with Gasteiger partial charge in [-0.2, -0.15) is 0 Å². The summed E-state index contributed by atoms with van der Waals surface area (Å²) in [6.07, 6.45) is 11.3. The second kappa shape index (κ2) is 10.2. The van der Waals surface area contributed by atoms with Crippen LogP contribution < -0.4 is 0 Å². The molecular weight excluding hydrogens is 192 g/mol. The molecule has 1 unspecified atom stereocenters. The van der Waals surface area contributed by atoms with Gasteiger partial charge in [0.15, 0.2) is 0 Å². The molecule has 0 heteroatoms. The molecule has 98 valence electrons.